The molecule has 1 aromatic heterocycles. The monoisotopic (exact) mass is 482 g/mol. The zero-order valence-corrected chi connectivity index (χ0v) is 17.3. The summed E-state index contributed by atoms with van der Waals surface area (Å²) in [7, 11) is 0. The van der Waals surface area contributed by atoms with Gasteiger partial charge in [0.15, 0.2) is 0 Å². The summed E-state index contributed by atoms with van der Waals surface area (Å²) >= 11 is 0. The average molecular weight is 483 g/mol. The summed E-state index contributed by atoms with van der Waals surface area (Å²) in [6, 6.07) is -0.397. The first-order chi connectivity index (χ1) is 22.7. The molecule has 0 aliphatic carbocycles. The van der Waals surface area contributed by atoms with Gasteiger partial charge in [-0.25, -0.2) is 0 Å². The minimum Gasteiger partial charge on any atom is -0.491 e. The Morgan fingerprint density at radius 3 is 2.55 bits per heavy atom. The van der Waals surface area contributed by atoms with Crippen LogP contribution in [0.1, 0.15) is 81.4 Å². The third kappa shape index (κ3) is 5.67. The molecular formula is C24H36N2O7. The quantitative estimate of drug-likeness (QED) is 0.426. The molecule has 0 saturated carbocycles. The van der Waals surface area contributed by atoms with E-state index < -0.39 is 118 Å². The van der Waals surface area contributed by atoms with Crippen LogP contribution in [0.5, 0.6) is 11.6 Å². The van der Waals surface area contributed by atoms with Gasteiger partial charge < -0.3 is 34.6 Å². The first-order valence-electron chi connectivity index (χ1n) is 18.6. The maximum absolute atomic E-state index is 10.6. The van der Waals surface area contributed by atoms with E-state index in [1.807, 2.05) is 0 Å². The SMILES string of the molecule is [2H]C([2H])([2H])c1c(C([2H])([2H])c2ccc(OC([2H])(C([2H])([2H])[2H])C([2H])([2H])C)cc2)c(O[C@@H]2O[C@H](CO)[C@@H](O)[C@H](O)[C@H]2O)nn1C([2H])(C([2H])([2H])[2H])C([2H])([2H])[2H]. The molecule has 1 unspecified atom stereocenters. The molecule has 3 rings (SSSR count). The summed E-state index contributed by atoms with van der Waals surface area (Å²) in [5.41, 5.74) is -3.25. The van der Waals surface area contributed by atoms with Crippen LogP contribution < -0.4 is 9.47 Å². The van der Waals surface area contributed by atoms with Crippen molar-refractivity contribution in [2.45, 2.75) is 89.9 Å². The van der Waals surface area contributed by atoms with E-state index in [9.17, 15) is 20.4 Å². The van der Waals surface area contributed by atoms with Crippen LogP contribution in [0.25, 0.3) is 0 Å². The van der Waals surface area contributed by atoms with E-state index in [1.54, 1.807) is 0 Å². The highest BCUT2D eigenvalue weighted by molar-refractivity contribution is 5.38. The molecule has 2 heterocycles. The molecule has 1 saturated heterocycles. The van der Waals surface area contributed by atoms with Gasteiger partial charge in [-0.3, -0.25) is 4.68 Å². The number of aliphatic hydroxyl groups excluding tert-OH is 4. The van der Waals surface area contributed by atoms with E-state index in [0.29, 0.717) is 0 Å². The van der Waals surface area contributed by atoms with E-state index in [-0.39, 0.29) is 4.68 Å². The maximum Gasteiger partial charge on any atom is 0.239 e. The van der Waals surface area contributed by atoms with Crippen LogP contribution in [0.15, 0.2) is 24.3 Å². The fraction of sp³-hybridized carbons (Fsp3) is 0.625. The Kier molecular flexibility index (Phi) is 3.49. The zero-order chi connectivity index (χ0) is 39.7. The van der Waals surface area contributed by atoms with Gasteiger partial charge in [-0.1, -0.05) is 19.1 Å². The Balaban J connectivity index is 2.36. The van der Waals surface area contributed by atoms with Gasteiger partial charge in [0.25, 0.3) is 0 Å². The van der Waals surface area contributed by atoms with Crippen LogP contribution in [0, 0.1) is 6.85 Å². The molecule has 9 nitrogen and oxygen atoms in total. The van der Waals surface area contributed by atoms with Gasteiger partial charge in [0.1, 0.15) is 30.2 Å². The Morgan fingerprint density at radius 2 is 1.94 bits per heavy atom. The van der Waals surface area contributed by atoms with E-state index in [2.05, 4.69) is 5.10 Å². The van der Waals surface area contributed by atoms with Crippen molar-refractivity contribution in [3.63, 3.8) is 0 Å². The minimum atomic E-state index is -3.94. The lowest BCUT2D eigenvalue weighted by molar-refractivity contribution is -0.278. The van der Waals surface area contributed by atoms with Crippen molar-refractivity contribution in [1.82, 2.24) is 9.78 Å². The summed E-state index contributed by atoms with van der Waals surface area (Å²) in [6.45, 7) is -15.0. The Hall–Kier alpha value is -2.17. The van der Waals surface area contributed by atoms with Gasteiger partial charge in [-0.15, -0.1) is 5.10 Å². The molecule has 1 fully saturated rings. The molecule has 9 heteroatoms. The van der Waals surface area contributed by atoms with Crippen molar-refractivity contribution in [2.24, 2.45) is 0 Å². The summed E-state index contributed by atoms with van der Waals surface area (Å²) in [6.07, 6.45) is -19.2. The van der Waals surface area contributed by atoms with Gasteiger partial charge in [0.05, 0.1) is 15.4 Å². The van der Waals surface area contributed by atoms with Crippen molar-refractivity contribution in [3.05, 3.63) is 41.1 Å². The van der Waals surface area contributed by atoms with Crippen molar-refractivity contribution < 1.29 is 59.3 Å². The maximum atomic E-state index is 10.6. The fourth-order valence-electron chi connectivity index (χ4n) is 2.95. The number of benzene rings is 1. The van der Waals surface area contributed by atoms with Gasteiger partial charge in [0, 0.05) is 45.6 Å². The number of hydrogen-bond donors (Lipinski definition) is 4. The van der Waals surface area contributed by atoms with Crippen molar-refractivity contribution in [2.75, 3.05) is 6.61 Å². The molecule has 6 atom stereocenters. The lowest BCUT2D eigenvalue weighted by atomic mass is 9.99. The van der Waals surface area contributed by atoms with Crippen molar-refractivity contribution in [3.8, 4) is 11.6 Å². The normalized spacial score (nSPS) is 38.2. The van der Waals surface area contributed by atoms with Crippen LogP contribution >= 0.6 is 0 Å². The molecule has 0 radical (unpaired) electrons. The van der Waals surface area contributed by atoms with Crippen LogP contribution in [-0.2, 0) is 11.1 Å². The summed E-state index contributed by atoms with van der Waals surface area (Å²) in [4.78, 5) is 0. The topological polar surface area (TPSA) is 126 Å². The number of hydrogen-bond acceptors (Lipinski definition) is 8. The predicted molar refractivity (Wildman–Crippen MR) is 121 cm³/mol. The standard InChI is InChI=1S/C24H36N2O7/c1-6-14(4)31-17-9-7-16(8-10-17)11-18-15(5)26(13(2)3)25-23(18)33-24-22(30)21(29)20(28)19(12-27)32-24/h7-10,13-14,19-22,24,27-30H,6,11-12H2,1-5H3/t14?,19-,20-,21+,22-,24+/m1/s1/i2D3,3D3,4D3,5D3,6D2,11D2,13D,14D. The lowest BCUT2D eigenvalue weighted by Gasteiger charge is -2.39. The molecule has 2 aromatic rings. The number of aliphatic hydroxyl groups is 4. The Labute approximate surface area is 219 Å². The summed E-state index contributed by atoms with van der Waals surface area (Å²) in [5.74, 6) is -1.72. The molecule has 0 spiro atoms. The molecule has 1 aliphatic rings. The molecule has 184 valence electrons. The third-order valence-corrected chi connectivity index (χ3v) is 4.71. The largest absolute Gasteiger partial charge is 0.491 e. The van der Waals surface area contributed by atoms with Crippen molar-refractivity contribution >= 4 is 0 Å². The number of ether oxygens (including phenoxy) is 3. The second-order valence-corrected chi connectivity index (χ2v) is 6.93. The van der Waals surface area contributed by atoms with Gasteiger partial charge in [-0.2, -0.15) is 0 Å². The van der Waals surface area contributed by atoms with Crippen LogP contribution in [-0.4, -0.2) is 73.6 Å². The van der Waals surface area contributed by atoms with E-state index >= 15 is 0 Å². The Bertz CT molecular complexity index is 1500. The smallest absolute Gasteiger partial charge is 0.239 e. The molecule has 1 aliphatic heterocycles. The Morgan fingerprint density at radius 1 is 1.18 bits per heavy atom. The van der Waals surface area contributed by atoms with Crippen LogP contribution in [0.4, 0.5) is 0 Å². The average Bonchev–Trinajstić information content (AvgIpc) is 3.36. The fourth-order valence-corrected chi connectivity index (χ4v) is 2.95. The molecule has 33 heavy (non-hydrogen) atoms. The summed E-state index contributed by atoms with van der Waals surface area (Å²) in [5, 5.41) is 44.3. The van der Waals surface area contributed by atoms with E-state index in [1.165, 1.54) is 0 Å². The van der Waals surface area contributed by atoms with Gasteiger partial charge in [-0.05, 0) is 51.5 Å². The second-order valence-electron chi connectivity index (χ2n) is 6.93. The first kappa shape index (κ1) is 10.6. The van der Waals surface area contributed by atoms with Crippen LogP contribution in [0.2, 0.25) is 0 Å². The minimum absolute atomic E-state index is 0.266. The van der Waals surface area contributed by atoms with Gasteiger partial charge >= 0.3 is 0 Å². The zero-order valence-electron chi connectivity index (χ0n) is 35.3. The second kappa shape index (κ2) is 10.8. The summed E-state index contributed by atoms with van der Waals surface area (Å²) < 4.78 is 161. The molecule has 0 amide bonds. The number of rotatable bonds is 9. The predicted octanol–water partition coefficient (Wildman–Crippen LogP) is 1.72. The highest BCUT2D eigenvalue weighted by atomic mass is 16.7. The molecule has 0 bridgehead atoms. The highest BCUT2D eigenvalue weighted by Crippen LogP contribution is 2.31. The van der Waals surface area contributed by atoms with E-state index in [4.69, 9.17) is 38.9 Å². The highest BCUT2D eigenvalue weighted by Gasteiger charge is 2.45. The van der Waals surface area contributed by atoms with Crippen LogP contribution in [0.3, 0.4) is 0 Å². The first-order valence-corrected chi connectivity index (χ1v) is 9.59. The molecule has 1 aromatic carbocycles. The molecular weight excluding hydrogens is 428 g/mol. The van der Waals surface area contributed by atoms with Gasteiger partial charge in [0.2, 0.25) is 12.2 Å². The lowest BCUT2D eigenvalue weighted by Crippen LogP contribution is -2.60. The number of nitrogens with zero attached hydrogens (tertiary/aromatic N) is 2. The third-order valence-electron chi connectivity index (χ3n) is 4.71. The number of aromatic nitrogens is 2. The van der Waals surface area contributed by atoms with E-state index in [0.717, 1.165) is 31.2 Å². The van der Waals surface area contributed by atoms with Crippen molar-refractivity contribution in [1.29, 1.82) is 0 Å². The molecule has 4 N–H and O–H groups in total.